The van der Waals surface area contributed by atoms with Crippen molar-refractivity contribution in [2.45, 2.75) is 45.3 Å². The smallest absolute Gasteiger partial charge is 0.161 e. The SMILES string of the molecule is [2H]c1c(OC)c(OC)c([2H])c2c1C([2H])([2H])C([2H])([2H])N1CC([2H])(C([2H])([2H])C([2H])(C([2H])([2H])[2H])C([2H])([2H])C)C(=O)C([2H])([2H])C21[2H]. The van der Waals surface area contributed by atoms with Crippen molar-refractivity contribution < 1.29 is 38.9 Å². The Morgan fingerprint density at radius 3 is 2.96 bits per heavy atom. The van der Waals surface area contributed by atoms with E-state index in [0.29, 0.717) is 6.92 Å². The molecular weight excluding hydrogens is 302 g/mol. The van der Waals surface area contributed by atoms with E-state index in [1.807, 2.05) is 0 Å². The molecule has 3 rings (SSSR count). The Hall–Kier alpha value is -1.55. The highest BCUT2D eigenvalue weighted by Gasteiger charge is 2.38. The van der Waals surface area contributed by atoms with E-state index < -0.39 is 104 Å². The van der Waals surface area contributed by atoms with E-state index in [0.717, 1.165) is 14.2 Å². The molecule has 2 aliphatic rings. The average Bonchev–Trinajstić information content (AvgIpc) is 2.82. The van der Waals surface area contributed by atoms with Crippen molar-refractivity contribution in [3.05, 3.63) is 23.2 Å². The normalized spacial score (nSPS) is 51.4. The fourth-order valence-corrected chi connectivity index (χ4v) is 2.31. The summed E-state index contributed by atoms with van der Waals surface area (Å²) in [6, 6.07) is -5.40. The monoisotopic (exact) mass is 349 g/mol. The number of methoxy groups -OCH3 is 2. The highest BCUT2D eigenvalue weighted by Crippen LogP contribution is 2.42. The maximum Gasteiger partial charge on any atom is 0.161 e. The van der Waals surface area contributed by atoms with Gasteiger partial charge in [0.05, 0.1) is 18.3 Å². The van der Waals surface area contributed by atoms with Gasteiger partial charge in [-0.05, 0) is 41.9 Å². The first-order chi connectivity index (χ1) is 18.5. The minimum atomic E-state index is -4.14. The summed E-state index contributed by atoms with van der Waals surface area (Å²) in [7, 11) is 2.04. The predicted octanol–water partition coefficient (Wildman–Crippen LogP) is 3.63. The lowest BCUT2D eigenvalue weighted by atomic mass is 9.79. The van der Waals surface area contributed by atoms with Crippen molar-refractivity contribution in [1.29, 1.82) is 0 Å². The van der Waals surface area contributed by atoms with Crippen molar-refractivity contribution in [1.82, 2.24) is 4.90 Å². The van der Waals surface area contributed by atoms with Crippen LogP contribution in [-0.2, 0) is 11.2 Å². The number of carbonyl (C=O) groups is 1. The van der Waals surface area contributed by atoms with Gasteiger partial charge in [0.2, 0.25) is 0 Å². The Bertz CT molecular complexity index is 1310. The largest absolute Gasteiger partial charge is 0.493 e. The van der Waals surface area contributed by atoms with E-state index in [4.69, 9.17) is 32.8 Å². The van der Waals surface area contributed by atoms with Crippen LogP contribution in [0.25, 0.3) is 0 Å². The van der Waals surface area contributed by atoms with Gasteiger partial charge in [-0.25, -0.2) is 0 Å². The van der Waals surface area contributed by atoms with Crippen LogP contribution in [-0.4, -0.2) is 37.9 Å². The van der Waals surface area contributed by atoms with Crippen molar-refractivity contribution in [3.63, 3.8) is 0 Å². The summed E-state index contributed by atoms with van der Waals surface area (Å²) in [6.07, 6.45) is -14.9. The topological polar surface area (TPSA) is 38.8 Å². The molecule has 3 atom stereocenters. The van der Waals surface area contributed by atoms with Gasteiger partial charge in [-0.3, -0.25) is 9.69 Å². The van der Waals surface area contributed by atoms with E-state index in [9.17, 15) is 6.17 Å². The van der Waals surface area contributed by atoms with Gasteiger partial charge in [0, 0.05) is 51.9 Å². The van der Waals surface area contributed by atoms with E-state index in [-0.39, 0.29) is 4.90 Å². The van der Waals surface area contributed by atoms with E-state index >= 15 is 0 Å². The minimum Gasteiger partial charge on any atom is -0.493 e. The van der Waals surface area contributed by atoms with Gasteiger partial charge in [-0.15, -0.1) is 0 Å². The molecule has 0 bridgehead atoms. The number of nitrogens with zero attached hydrogens (tertiary/aromatic N) is 1. The van der Waals surface area contributed by atoms with Crippen molar-refractivity contribution in [2.24, 2.45) is 11.8 Å². The third-order valence-electron chi connectivity index (χ3n) is 3.51. The zero-order chi connectivity index (χ0) is 33.2. The molecule has 0 radical (unpaired) electrons. The van der Waals surface area contributed by atoms with Gasteiger partial charge >= 0.3 is 0 Å². The third kappa shape index (κ3) is 3.16. The molecule has 0 N–H and O–H groups in total. The molecule has 24 heavy (non-hydrogen) atoms. The molecule has 3 unspecified atom stereocenters. The summed E-state index contributed by atoms with van der Waals surface area (Å²) in [6.45, 7) is -8.77. The van der Waals surface area contributed by atoms with Gasteiger partial charge in [-0.2, -0.15) is 0 Å². The van der Waals surface area contributed by atoms with Crippen LogP contribution in [0.15, 0.2) is 12.1 Å². The maximum atomic E-state index is 13.9. The Morgan fingerprint density at radius 2 is 2.29 bits per heavy atom. The first-order valence-electron chi connectivity index (χ1n) is 16.0. The molecule has 2 aliphatic heterocycles. The Balaban J connectivity index is 2.55. The molecule has 0 amide bonds. The lowest BCUT2D eigenvalue weighted by Gasteiger charge is -2.43. The number of ketones is 1. The number of ether oxygens (including phenoxy) is 2. The molecule has 1 aromatic rings. The second-order valence-corrected chi connectivity index (χ2v) is 4.92. The van der Waals surface area contributed by atoms with Crippen LogP contribution in [0, 0.1) is 11.8 Å². The van der Waals surface area contributed by atoms with Gasteiger partial charge < -0.3 is 9.47 Å². The molecule has 4 heteroatoms. The summed E-state index contributed by atoms with van der Waals surface area (Å²) < 4.78 is 163. The van der Waals surface area contributed by atoms with Crippen LogP contribution in [0.4, 0.5) is 0 Å². The molecule has 132 valence electrons. The molecule has 2 heterocycles. The minimum absolute atomic E-state index is 0.0386. The number of carbonyl (C=O) groups excluding carboxylic acids is 1. The van der Waals surface area contributed by atoms with Crippen LogP contribution < -0.4 is 9.47 Å². The summed E-state index contributed by atoms with van der Waals surface area (Å²) in [5.41, 5.74) is -2.09. The zero-order valence-electron chi connectivity index (χ0n) is 31.4. The molecular formula is C20H29NO3. The predicted molar refractivity (Wildman–Crippen MR) is 94.8 cm³/mol. The van der Waals surface area contributed by atoms with Gasteiger partial charge in [0.25, 0.3) is 0 Å². The number of hydrogen-bond acceptors (Lipinski definition) is 4. The third-order valence-corrected chi connectivity index (χ3v) is 3.51. The zero-order valence-corrected chi connectivity index (χ0v) is 13.4. The number of rotatable bonds is 5. The van der Waals surface area contributed by atoms with E-state index in [1.165, 1.54) is 0 Å². The fourth-order valence-electron chi connectivity index (χ4n) is 2.31. The lowest BCUT2D eigenvalue weighted by molar-refractivity contribution is -0.129. The molecule has 1 aromatic carbocycles. The first-order valence-corrected chi connectivity index (χ1v) is 7.05. The number of Topliss-reactive ketones (excluding diaryl/α,β-unsaturated/α-hetero) is 1. The molecule has 4 nitrogen and oxygen atoms in total. The summed E-state index contributed by atoms with van der Waals surface area (Å²) >= 11 is 0. The Kier molecular flexibility index (Phi) is 1.70. The standard InChI is InChI=1S/C20H29NO3/c1-5-13(2)8-15-12-21-7-6-14-9-19(23-3)20(24-4)10-16(14)17(21)11-18(15)22/h9-10,13,15,17H,5-8,11-12H2,1-4H3/i2D3,5D2,6D2,7D2,8D2,9D,10D,11D2,13D,15D,17D. The highest BCUT2D eigenvalue weighted by atomic mass is 16.5. The number of fused-ring (bicyclic) bond motifs is 3. The number of hydrogen-bond donors (Lipinski definition) is 0. The fraction of sp³-hybridized carbons (Fsp3) is 0.650. The van der Waals surface area contributed by atoms with Gasteiger partial charge in [0.1, 0.15) is 5.78 Å². The molecule has 0 aliphatic carbocycles. The van der Waals surface area contributed by atoms with E-state index in [2.05, 4.69) is 0 Å². The van der Waals surface area contributed by atoms with Crippen LogP contribution in [0.2, 0.25) is 0 Å². The van der Waals surface area contributed by atoms with Gasteiger partial charge in [0.15, 0.2) is 11.5 Å². The molecule has 0 spiro atoms. The van der Waals surface area contributed by atoms with Gasteiger partial charge in [-0.1, -0.05) is 20.1 Å². The van der Waals surface area contributed by atoms with Crippen LogP contribution >= 0.6 is 0 Å². The second-order valence-electron chi connectivity index (χ2n) is 4.92. The van der Waals surface area contributed by atoms with Crippen LogP contribution in [0.5, 0.6) is 11.5 Å². The summed E-state index contributed by atoms with van der Waals surface area (Å²) in [4.78, 5) is 13.9. The average molecular weight is 350 g/mol. The number of benzene rings is 1. The maximum absolute atomic E-state index is 13.9. The quantitative estimate of drug-likeness (QED) is 0.814. The van der Waals surface area contributed by atoms with Crippen LogP contribution in [0.1, 0.15) is 74.7 Å². The number of piperidine rings is 1. The summed E-state index contributed by atoms with van der Waals surface area (Å²) in [5, 5.41) is 0. The molecule has 1 saturated heterocycles. The highest BCUT2D eigenvalue weighted by molar-refractivity contribution is 5.83. The Labute approximate surface area is 170 Å². The Morgan fingerprint density at radius 1 is 1.54 bits per heavy atom. The second kappa shape index (κ2) is 7.14. The van der Waals surface area contributed by atoms with E-state index in [1.54, 1.807) is 0 Å². The molecule has 0 aromatic heterocycles. The first kappa shape index (κ1) is 5.73. The van der Waals surface area contributed by atoms with Crippen molar-refractivity contribution >= 4 is 5.78 Å². The van der Waals surface area contributed by atoms with Crippen molar-refractivity contribution in [3.8, 4) is 11.5 Å². The van der Waals surface area contributed by atoms with Crippen LogP contribution in [0.3, 0.4) is 0 Å². The van der Waals surface area contributed by atoms with Crippen molar-refractivity contribution in [2.75, 3.05) is 27.3 Å². The summed E-state index contributed by atoms with van der Waals surface area (Å²) in [5.74, 6) is -11.1. The molecule has 0 saturated carbocycles. The lowest BCUT2D eigenvalue weighted by Crippen LogP contribution is -2.46. The molecule has 1 fully saturated rings.